The van der Waals surface area contributed by atoms with Gasteiger partial charge in [0, 0.05) is 0 Å². The Morgan fingerprint density at radius 2 is 1.86 bits per heavy atom. The summed E-state index contributed by atoms with van der Waals surface area (Å²) in [7, 11) is -9.67. The lowest BCUT2D eigenvalue weighted by Crippen LogP contribution is -1.99. The van der Waals surface area contributed by atoms with Gasteiger partial charge in [-0.1, -0.05) is 13.3 Å². The van der Waals surface area contributed by atoms with Crippen molar-refractivity contribution in [1.82, 2.24) is 0 Å². The Bertz CT molecular complexity index is 257. The molecule has 0 saturated heterocycles. The van der Waals surface area contributed by atoms with Crippen molar-refractivity contribution in [3.05, 3.63) is 6.92 Å². The second-order valence-electron chi connectivity index (χ2n) is 2.77. The van der Waals surface area contributed by atoms with Crippen molar-refractivity contribution >= 4 is 15.6 Å². The third-order valence-corrected chi connectivity index (χ3v) is 3.26. The van der Waals surface area contributed by atoms with E-state index in [1.54, 1.807) is 6.92 Å². The van der Waals surface area contributed by atoms with E-state index in [4.69, 9.17) is 14.7 Å². The average Bonchev–Trinajstić information content (AvgIpc) is 1.78. The molecule has 1 unspecified atom stereocenters. The molecule has 0 fully saturated rings. The van der Waals surface area contributed by atoms with Crippen molar-refractivity contribution in [2.24, 2.45) is 5.92 Å². The van der Waals surface area contributed by atoms with Crippen LogP contribution in [0.15, 0.2) is 0 Å². The van der Waals surface area contributed by atoms with E-state index in [2.05, 4.69) is 15.8 Å². The van der Waals surface area contributed by atoms with E-state index in [0.717, 1.165) is 0 Å². The summed E-state index contributed by atoms with van der Waals surface area (Å²) in [4.78, 5) is 25.2. The Labute approximate surface area is 81.9 Å². The van der Waals surface area contributed by atoms with Gasteiger partial charge in [-0.2, -0.15) is 10.2 Å². The van der Waals surface area contributed by atoms with Gasteiger partial charge in [0.15, 0.2) is 0 Å². The minimum absolute atomic E-state index is 0.00468. The standard InChI is InChI=1S/C5H13O7P2/c1-5(2)3-4-11-14(9,10)12-13(6,7)8/h5H,1,3-4H2,2H3,(H,9,10)(H2,6,7,8)/q-1/t5-/m1/s1. The van der Waals surface area contributed by atoms with Crippen LogP contribution in [0.25, 0.3) is 0 Å². The zero-order chi connectivity index (χ0) is 11.4. The Hall–Kier alpha value is 0.260. The second-order valence-corrected chi connectivity index (χ2v) is 5.60. The van der Waals surface area contributed by atoms with E-state index in [1.165, 1.54) is 0 Å². The van der Waals surface area contributed by atoms with Gasteiger partial charge in [0.1, 0.15) is 0 Å². The molecule has 0 spiro atoms. The highest BCUT2D eigenvalue weighted by molar-refractivity contribution is 7.60. The molecule has 86 valence electrons. The first-order chi connectivity index (χ1) is 6.12. The summed E-state index contributed by atoms with van der Waals surface area (Å²) in [6.45, 7) is 5.19. The van der Waals surface area contributed by atoms with E-state index in [0.29, 0.717) is 6.42 Å². The van der Waals surface area contributed by atoms with Gasteiger partial charge in [-0.05, 0) is 0 Å². The molecule has 3 N–H and O–H groups in total. The molecule has 14 heavy (non-hydrogen) atoms. The maximum atomic E-state index is 10.8. The SMILES string of the molecule is [CH2-][C@H](C)CCOP(=O)(O)OP(=O)(O)O. The van der Waals surface area contributed by atoms with Crippen molar-refractivity contribution in [3.8, 4) is 0 Å². The van der Waals surface area contributed by atoms with Crippen molar-refractivity contribution in [1.29, 1.82) is 0 Å². The van der Waals surface area contributed by atoms with Crippen LogP contribution in [-0.2, 0) is 18.0 Å². The minimum Gasteiger partial charge on any atom is -0.340 e. The van der Waals surface area contributed by atoms with E-state index >= 15 is 0 Å². The molecular formula is C5H13O7P2-. The fourth-order valence-corrected chi connectivity index (χ4v) is 2.13. The molecule has 0 aliphatic rings. The zero-order valence-corrected chi connectivity index (χ0v) is 9.36. The molecule has 0 aromatic rings. The van der Waals surface area contributed by atoms with Crippen LogP contribution in [0.1, 0.15) is 13.3 Å². The monoisotopic (exact) mass is 247 g/mol. The molecule has 0 aromatic carbocycles. The Balaban J connectivity index is 3.97. The summed E-state index contributed by atoms with van der Waals surface area (Å²) in [5.41, 5.74) is 0. The minimum atomic E-state index is -5.00. The lowest BCUT2D eigenvalue weighted by Gasteiger charge is -2.14. The Morgan fingerprint density at radius 3 is 2.21 bits per heavy atom. The molecule has 0 saturated carbocycles. The molecule has 0 aliphatic carbocycles. The number of hydrogen-bond acceptors (Lipinski definition) is 4. The molecule has 0 bridgehead atoms. The Morgan fingerprint density at radius 1 is 1.36 bits per heavy atom. The molecule has 0 radical (unpaired) electrons. The lowest BCUT2D eigenvalue weighted by molar-refractivity contribution is 0.173. The number of phosphoric ester groups is 1. The van der Waals surface area contributed by atoms with Crippen LogP contribution in [0, 0.1) is 12.8 Å². The molecule has 7 nitrogen and oxygen atoms in total. The maximum absolute atomic E-state index is 10.8. The highest BCUT2D eigenvalue weighted by Gasteiger charge is 2.31. The van der Waals surface area contributed by atoms with Gasteiger partial charge in [-0.15, -0.1) is 0 Å². The van der Waals surface area contributed by atoms with E-state index in [-0.39, 0.29) is 12.5 Å². The molecule has 0 aliphatic heterocycles. The summed E-state index contributed by atoms with van der Waals surface area (Å²) in [5.74, 6) is 0.00468. The normalized spacial score (nSPS) is 18.9. The van der Waals surface area contributed by atoms with Crippen molar-refractivity contribution in [2.75, 3.05) is 6.61 Å². The first-order valence-electron chi connectivity index (χ1n) is 3.70. The summed E-state index contributed by atoms with van der Waals surface area (Å²) in [6, 6.07) is 0. The fraction of sp³-hybridized carbons (Fsp3) is 0.800. The largest absolute Gasteiger partial charge is 0.481 e. The average molecular weight is 247 g/mol. The maximum Gasteiger partial charge on any atom is 0.481 e. The first kappa shape index (κ1) is 14.3. The molecule has 9 heteroatoms. The number of rotatable bonds is 6. The van der Waals surface area contributed by atoms with Gasteiger partial charge >= 0.3 is 15.6 Å². The Kier molecular flexibility index (Phi) is 5.47. The molecule has 0 rings (SSSR count). The number of hydrogen-bond donors (Lipinski definition) is 3. The molecular weight excluding hydrogens is 234 g/mol. The topological polar surface area (TPSA) is 113 Å². The van der Waals surface area contributed by atoms with Gasteiger partial charge in [0.2, 0.25) is 0 Å². The van der Waals surface area contributed by atoms with Gasteiger partial charge in [0.25, 0.3) is 0 Å². The smallest absolute Gasteiger partial charge is 0.340 e. The van der Waals surface area contributed by atoms with E-state index in [9.17, 15) is 9.13 Å². The summed E-state index contributed by atoms with van der Waals surface area (Å²) in [6.07, 6.45) is 0.384. The molecule has 0 heterocycles. The zero-order valence-electron chi connectivity index (χ0n) is 7.57. The lowest BCUT2D eigenvalue weighted by atomic mass is 10.2. The summed E-state index contributed by atoms with van der Waals surface area (Å²) < 4.78 is 28.8. The van der Waals surface area contributed by atoms with Crippen LogP contribution in [0.5, 0.6) is 0 Å². The highest BCUT2D eigenvalue weighted by atomic mass is 31.3. The second kappa shape index (κ2) is 5.37. The fourth-order valence-electron chi connectivity index (χ4n) is 0.527. The molecule has 0 amide bonds. The first-order valence-corrected chi connectivity index (χ1v) is 6.72. The van der Waals surface area contributed by atoms with Crippen LogP contribution >= 0.6 is 15.6 Å². The molecule has 2 atom stereocenters. The molecule has 0 aromatic heterocycles. The van der Waals surface area contributed by atoms with Crippen molar-refractivity contribution in [3.63, 3.8) is 0 Å². The van der Waals surface area contributed by atoms with Gasteiger partial charge in [0.05, 0.1) is 6.61 Å². The quantitative estimate of drug-likeness (QED) is 0.475. The summed E-state index contributed by atoms with van der Waals surface area (Å²) >= 11 is 0. The van der Waals surface area contributed by atoms with Gasteiger partial charge in [-0.25, -0.2) is 9.13 Å². The van der Waals surface area contributed by atoms with Crippen molar-refractivity contribution in [2.45, 2.75) is 13.3 Å². The van der Waals surface area contributed by atoms with Crippen LogP contribution in [0.2, 0.25) is 0 Å². The van der Waals surface area contributed by atoms with Gasteiger partial charge < -0.3 is 21.6 Å². The van der Waals surface area contributed by atoms with Crippen LogP contribution in [0.4, 0.5) is 0 Å². The highest BCUT2D eigenvalue weighted by Crippen LogP contribution is 2.57. The third-order valence-electron chi connectivity index (χ3n) is 1.07. The van der Waals surface area contributed by atoms with Crippen LogP contribution in [-0.4, -0.2) is 21.3 Å². The van der Waals surface area contributed by atoms with Crippen molar-refractivity contribution < 1.29 is 32.6 Å². The van der Waals surface area contributed by atoms with Gasteiger partial charge in [-0.3, -0.25) is 4.52 Å². The van der Waals surface area contributed by atoms with E-state index < -0.39 is 15.6 Å². The predicted molar refractivity (Wildman–Crippen MR) is 48.0 cm³/mol. The summed E-state index contributed by atoms with van der Waals surface area (Å²) in [5, 5.41) is 0. The van der Waals surface area contributed by atoms with E-state index in [1.807, 2.05) is 0 Å². The van der Waals surface area contributed by atoms with Crippen LogP contribution < -0.4 is 0 Å². The number of phosphoric acid groups is 2. The predicted octanol–water partition coefficient (Wildman–Crippen LogP) is 1.07. The van der Waals surface area contributed by atoms with Crippen LogP contribution in [0.3, 0.4) is 0 Å². The third kappa shape index (κ3) is 8.84.